The average Bonchev–Trinajstić information content (AvgIpc) is 2.42. The molecule has 0 aromatic carbocycles. The molecular formula is C21H38O. The summed E-state index contributed by atoms with van der Waals surface area (Å²) in [5.41, 5.74) is 2.97. The second-order valence-corrected chi connectivity index (χ2v) is 8.98. The molecule has 0 heterocycles. The van der Waals surface area contributed by atoms with E-state index in [4.69, 9.17) is 0 Å². The minimum atomic E-state index is -0.313. The van der Waals surface area contributed by atoms with Gasteiger partial charge in [0.05, 0.1) is 6.10 Å². The summed E-state index contributed by atoms with van der Waals surface area (Å²) in [6.07, 6.45) is 8.65. The van der Waals surface area contributed by atoms with Gasteiger partial charge in [-0.25, -0.2) is 0 Å². The summed E-state index contributed by atoms with van der Waals surface area (Å²) >= 11 is 0. The number of aliphatic hydroxyl groups excluding tert-OH is 1. The zero-order valence-electron chi connectivity index (χ0n) is 16.2. The van der Waals surface area contributed by atoms with Gasteiger partial charge in [0, 0.05) is 0 Å². The van der Waals surface area contributed by atoms with Crippen molar-refractivity contribution in [3.8, 4) is 0 Å². The minimum Gasteiger partial charge on any atom is -0.388 e. The summed E-state index contributed by atoms with van der Waals surface area (Å²) in [4.78, 5) is 0. The summed E-state index contributed by atoms with van der Waals surface area (Å²) in [6, 6.07) is 0. The van der Waals surface area contributed by atoms with Crippen molar-refractivity contribution in [2.45, 2.75) is 87.2 Å². The fourth-order valence-electron chi connectivity index (χ4n) is 3.51. The van der Waals surface area contributed by atoms with Gasteiger partial charge >= 0.3 is 0 Å². The van der Waals surface area contributed by atoms with Crippen molar-refractivity contribution >= 4 is 0 Å². The van der Waals surface area contributed by atoms with Crippen molar-refractivity contribution in [2.75, 3.05) is 0 Å². The third-order valence-electron chi connectivity index (χ3n) is 5.77. The normalized spacial score (nSPS) is 22.9. The first kappa shape index (κ1) is 19.5. The second-order valence-electron chi connectivity index (χ2n) is 8.98. The quantitative estimate of drug-likeness (QED) is 0.625. The molecule has 1 rings (SSSR count). The van der Waals surface area contributed by atoms with Gasteiger partial charge in [-0.1, -0.05) is 86.0 Å². The Kier molecular flexibility index (Phi) is 6.50. The number of hydrogen-bond donors (Lipinski definition) is 1. The lowest BCUT2D eigenvalue weighted by Crippen LogP contribution is -2.32. The fourth-order valence-corrected chi connectivity index (χ4v) is 3.51. The molecule has 0 amide bonds. The standard InChI is InChI=1S/C21H38O/c1-9-15(3)13-18(21(7,8)10-2)16-11-12-17(19(22)14-16)20(4,5)6/h11-12,15,18-19,22H,9-10,13-14H2,1-8H3. The molecule has 1 aliphatic rings. The average molecular weight is 307 g/mol. The van der Waals surface area contributed by atoms with Crippen LogP contribution in [-0.4, -0.2) is 11.2 Å². The molecule has 1 nitrogen and oxygen atoms in total. The summed E-state index contributed by atoms with van der Waals surface area (Å²) < 4.78 is 0. The van der Waals surface area contributed by atoms with Gasteiger partial charge in [0.25, 0.3) is 0 Å². The van der Waals surface area contributed by atoms with Gasteiger partial charge in [0.15, 0.2) is 0 Å². The minimum absolute atomic E-state index is 0.0495. The first-order chi connectivity index (χ1) is 10.0. The van der Waals surface area contributed by atoms with Crippen molar-refractivity contribution in [1.29, 1.82) is 0 Å². The highest BCUT2D eigenvalue weighted by atomic mass is 16.3. The number of allylic oxidation sites excluding steroid dienone is 2. The maximum atomic E-state index is 10.6. The first-order valence-electron chi connectivity index (χ1n) is 9.12. The molecule has 0 aromatic heterocycles. The highest BCUT2D eigenvalue weighted by molar-refractivity contribution is 5.32. The van der Waals surface area contributed by atoms with Gasteiger partial charge in [-0.15, -0.1) is 0 Å². The topological polar surface area (TPSA) is 20.2 Å². The van der Waals surface area contributed by atoms with Crippen LogP contribution >= 0.6 is 0 Å². The number of hydrogen-bond acceptors (Lipinski definition) is 1. The van der Waals surface area contributed by atoms with Gasteiger partial charge in [-0.05, 0) is 41.1 Å². The Balaban J connectivity index is 3.11. The highest BCUT2D eigenvalue weighted by Crippen LogP contribution is 2.44. The van der Waals surface area contributed by atoms with Crippen LogP contribution in [0.5, 0.6) is 0 Å². The zero-order valence-corrected chi connectivity index (χ0v) is 16.2. The van der Waals surface area contributed by atoms with Crippen LogP contribution in [0.25, 0.3) is 0 Å². The Morgan fingerprint density at radius 1 is 1.14 bits per heavy atom. The molecule has 0 fully saturated rings. The van der Waals surface area contributed by atoms with Crippen LogP contribution in [0.2, 0.25) is 0 Å². The van der Waals surface area contributed by atoms with Crippen molar-refractivity contribution in [1.82, 2.24) is 0 Å². The Morgan fingerprint density at radius 3 is 2.14 bits per heavy atom. The molecule has 0 aliphatic heterocycles. The zero-order chi connectivity index (χ0) is 17.1. The monoisotopic (exact) mass is 306 g/mol. The molecule has 0 aromatic rings. The van der Waals surface area contributed by atoms with E-state index in [9.17, 15) is 5.11 Å². The summed E-state index contributed by atoms with van der Waals surface area (Å²) in [5, 5.41) is 10.6. The van der Waals surface area contributed by atoms with E-state index < -0.39 is 0 Å². The van der Waals surface area contributed by atoms with E-state index in [1.807, 2.05) is 0 Å². The molecule has 1 N–H and O–H groups in total. The Bertz CT molecular complexity index is 420. The van der Waals surface area contributed by atoms with E-state index in [1.165, 1.54) is 30.4 Å². The van der Waals surface area contributed by atoms with E-state index >= 15 is 0 Å². The molecule has 128 valence electrons. The van der Waals surface area contributed by atoms with E-state index in [-0.39, 0.29) is 11.5 Å². The van der Waals surface area contributed by atoms with Crippen molar-refractivity contribution < 1.29 is 5.11 Å². The Labute approximate surface area is 138 Å². The van der Waals surface area contributed by atoms with Crippen LogP contribution < -0.4 is 0 Å². The van der Waals surface area contributed by atoms with Crippen LogP contribution in [-0.2, 0) is 0 Å². The lowest BCUT2D eigenvalue weighted by atomic mass is 9.66. The lowest BCUT2D eigenvalue weighted by molar-refractivity contribution is 0.154. The number of rotatable bonds is 6. The third-order valence-corrected chi connectivity index (χ3v) is 5.77. The fraction of sp³-hybridized carbons (Fsp3) is 0.810. The van der Waals surface area contributed by atoms with Crippen LogP contribution in [0.15, 0.2) is 23.3 Å². The van der Waals surface area contributed by atoms with E-state index in [1.54, 1.807) is 0 Å². The lowest BCUT2D eigenvalue weighted by Gasteiger charge is -2.40. The smallest absolute Gasteiger partial charge is 0.0795 e. The Hall–Kier alpha value is -0.560. The van der Waals surface area contributed by atoms with Crippen molar-refractivity contribution in [3.63, 3.8) is 0 Å². The van der Waals surface area contributed by atoms with E-state index in [2.05, 4.69) is 67.5 Å². The summed E-state index contributed by atoms with van der Waals surface area (Å²) in [7, 11) is 0. The third kappa shape index (κ3) is 4.72. The van der Waals surface area contributed by atoms with Crippen LogP contribution in [0.4, 0.5) is 0 Å². The van der Waals surface area contributed by atoms with Gasteiger partial charge in [-0.2, -0.15) is 0 Å². The molecule has 1 aliphatic carbocycles. The molecule has 3 atom stereocenters. The van der Waals surface area contributed by atoms with Crippen molar-refractivity contribution in [3.05, 3.63) is 23.3 Å². The highest BCUT2D eigenvalue weighted by Gasteiger charge is 2.35. The molecule has 0 spiro atoms. The summed E-state index contributed by atoms with van der Waals surface area (Å²) in [6.45, 7) is 18.3. The molecule has 0 saturated heterocycles. The predicted molar refractivity (Wildman–Crippen MR) is 97.9 cm³/mol. The first-order valence-corrected chi connectivity index (χ1v) is 9.12. The van der Waals surface area contributed by atoms with Crippen LogP contribution in [0, 0.1) is 22.7 Å². The van der Waals surface area contributed by atoms with Crippen LogP contribution in [0.1, 0.15) is 81.1 Å². The molecule has 22 heavy (non-hydrogen) atoms. The van der Waals surface area contributed by atoms with Gasteiger partial charge < -0.3 is 5.11 Å². The molecule has 1 heteroatoms. The maximum absolute atomic E-state index is 10.6. The van der Waals surface area contributed by atoms with Gasteiger partial charge in [0.2, 0.25) is 0 Å². The number of aliphatic hydroxyl groups is 1. The molecular weight excluding hydrogens is 268 g/mol. The predicted octanol–water partition coefficient (Wildman–Crippen LogP) is 6.14. The van der Waals surface area contributed by atoms with E-state index in [0.29, 0.717) is 11.3 Å². The molecule has 0 bridgehead atoms. The maximum Gasteiger partial charge on any atom is 0.0795 e. The largest absolute Gasteiger partial charge is 0.388 e. The molecule has 0 radical (unpaired) electrons. The van der Waals surface area contributed by atoms with Gasteiger partial charge in [-0.3, -0.25) is 0 Å². The second kappa shape index (κ2) is 7.34. The van der Waals surface area contributed by atoms with Gasteiger partial charge in [0.1, 0.15) is 0 Å². The SMILES string of the molecule is CCC(C)CC(C1=CC=C(C(C)(C)C)C(O)C1)C(C)(C)CC. The Morgan fingerprint density at radius 2 is 1.73 bits per heavy atom. The molecule has 3 unspecified atom stereocenters. The summed E-state index contributed by atoms with van der Waals surface area (Å²) in [5.74, 6) is 1.31. The van der Waals surface area contributed by atoms with Crippen molar-refractivity contribution in [2.24, 2.45) is 22.7 Å². The molecule has 0 saturated carbocycles. The van der Waals surface area contributed by atoms with Crippen LogP contribution in [0.3, 0.4) is 0 Å². The van der Waals surface area contributed by atoms with E-state index in [0.717, 1.165) is 12.3 Å².